The molecule has 2 amide bonds. The molecule has 0 saturated carbocycles. The zero-order valence-electron chi connectivity index (χ0n) is 40.3. The quantitative estimate of drug-likeness (QED) is 0.0261. The third kappa shape index (κ3) is 15.3. The van der Waals surface area contributed by atoms with Crippen LogP contribution < -0.4 is 32.4 Å². The van der Waals surface area contributed by atoms with E-state index in [0.29, 0.717) is 11.4 Å². The lowest BCUT2D eigenvalue weighted by Crippen LogP contribution is -2.34. The molecule has 0 aliphatic heterocycles. The zero-order valence-corrected chi connectivity index (χ0v) is 41.9. The molecule has 73 heavy (non-hydrogen) atoms. The second kappa shape index (κ2) is 25.9. The van der Waals surface area contributed by atoms with Gasteiger partial charge in [-0.05, 0) is 110 Å². The Morgan fingerprint density at radius 1 is 0.521 bits per heavy atom. The number of aromatic nitrogens is 2. The summed E-state index contributed by atoms with van der Waals surface area (Å²) in [5.74, 6) is -1.40. The Hall–Kier alpha value is -6.52. The molecule has 0 atom stereocenters. The molecule has 6 rings (SSSR count). The lowest BCUT2D eigenvalue weighted by atomic mass is 10.1. The summed E-state index contributed by atoms with van der Waals surface area (Å²) in [4.78, 5) is 56.5. The molecular weight excluding hydrogens is 999 g/mol. The number of benzene rings is 4. The van der Waals surface area contributed by atoms with Crippen LogP contribution in [0.2, 0.25) is 0 Å². The van der Waals surface area contributed by atoms with Gasteiger partial charge in [-0.2, -0.15) is 26.3 Å². The van der Waals surface area contributed by atoms with Crippen molar-refractivity contribution in [1.29, 1.82) is 0 Å². The summed E-state index contributed by atoms with van der Waals surface area (Å²) in [6, 6.07) is 26.3. The number of thioether (sulfide) groups is 2. The van der Waals surface area contributed by atoms with Gasteiger partial charge in [0.25, 0.3) is 22.9 Å². The number of anilines is 2. The van der Waals surface area contributed by atoms with Gasteiger partial charge in [-0.1, -0.05) is 36.4 Å². The minimum absolute atomic E-state index is 0.0636. The summed E-state index contributed by atoms with van der Waals surface area (Å²) in [5.41, 5.74) is -1.36. The normalized spacial score (nSPS) is 11.6. The van der Waals surface area contributed by atoms with Crippen molar-refractivity contribution in [2.24, 2.45) is 0 Å². The average molecular weight is 1050 g/mol. The van der Waals surface area contributed by atoms with Crippen molar-refractivity contribution in [2.45, 2.75) is 49.1 Å². The van der Waals surface area contributed by atoms with E-state index >= 15 is 0 Å². The van der Waals surface area contributed by atoms with Crippen LogP contribution in [0.5, 0.6) is 0 Å². The van der Waals surface area contributed by atoms with Gasteiger partial charge in [0.05, 0.1) is 62.1 Å². The number of nitrogens with one attached hydrogen (secondary N) is 4. The lowest BCUT2D eigenvalue weighted by Gasteiger charge is -2.19. The molecular formula is C52H54F6N6O7S2. The van der Waals surface area contributed by atoms with Crippen LogP contribution in [0.25, 0.3) is 11.4 Å². The van der Waals surface area contributed by atoms with Crippen LogP contribution in [0.1, 0.15) is 54.4 Å². The third-order valence-corrected chi connectivity index (χ3v) is 12.8. The Morgan fingerprint density at radius 2 is 0.877 bits per heavy atom. The molecule has 0 saturated heterocycles. The molecule has 4 aromatic carbocycles. The fraction of sp³-hybridized carbons (Fsp3) is 0.308. The van der Waals surface area contributed by atoms with E-state index in [1.54, 1.807) is 37.4 Å². The summed E-state index contributed by atoms with van der Waals surface area (Å²) >= 11 is 3.12. The molecule has 4 N–H and O–H groups in total. The van der Waals surface area contributed by atoms with E-state index in [2.05, 4.69) is 21.3 Å². The minimum Gasteiger partial charge on any atom is -0.381 e. The largest absolute Gasteiger partial charge is 0.416 e. The first-order valence-electron chi connectivity index (χ1n) is 22.8. The summed E-state index contributed by atoms with van der Waals surface area (Å²) in [6.07, 6.45) is -5.46. The number of hydrogen-bond donors (Lipinski definition) is 4. The van der Waals surface area contributed by atoms with Crippen molar-refractivity contribution in [3.8, 4) is 11.4 Å². The van der Waals surface area contributed by atoms with E-state index in [1.807, 2.05) is 61.0 Å². The van der Waals surface area contributed by atoms with Crippen molar-refractivity contribution in [3.05, 3.63) is 175 Å². The third-order valence-electron chi connectivity index (χ3n) is 11.3. The van der Waals surface area contributed by atoms with Crippen LogP contribution >= 0.6 is 23.5 Å². The number of pyridine rings is 2. The number of hydrogen-bond acceptors (Lipinski definition) is 11. The molecule has 0 aliphatic rings. The number of carbonyl (C=O) groups is 2. The molecule has 6 aromatic rings. The van der Waals surface area contributed by atoms with Gasteiger partial charge in [-0.25, -0.2) is 0 Å². The Labute approximate surface area is 426 Å². The number of ether oxygens (including phenoxy) is 3. The van der Waals surface area contributed by atoms with E-state index in [4.69, 9.17) is 14.2 Å². The van der Waals surface area contributed by atoms with Gasteiger partial charge in [0.1, 0.15) is 11.1 Å². The summed E-state index contributed by atoms with van der Waals surface area (Å²) < 4.78 is 101. The summed E-state index contributed by atoms with van der Waals surface area (Å²) in [7, 11) is 0. The van der Waals surface area contributed by atoms with E-state index in [-0.39, 0.29) is 99.7 Å². The fourth-order valence-electron chi connectivity index (χ4n) is 7.45. The highest BCUT2D eigenvalue weighted by atomic mass is 32.2. The first kappa shape index (κ1) is 55.8. The Morgan fingerprint density at radius 3 is 1.22 bits per heavy atom. The fourth-order valence-corrected chi connectivity index (χ4v) is 8.27. The van der Waals surface area contributed by atoms with Crippen molar-refractivity contribution < 1.29 is 50.1 Å². The number of nitrogens with zero attached hydrogens (tertiary/aromatic N) is 2. The highest BCUT2D eigenvalue weighted by molar-refractivity contribution is 7.98. The van der Waals surface area contributed by atoms with E-state index < -0.39 is 46.4 Å². The Kier molecular flexibility index (Phi) is 19.8. The van der Waals surface area contributed by atoms with Crippen molar-refractivity contribution in [3.63, 3.8) is 0 Å². The molecule has 0 aliphatic carbocycles. The molecule has 0 spiro atoms. The van der Waals surface area contributed by atoms with Gasteiger partial charge >= 0.3 is 12.4 Å². The van der Waals surface area contributed by atoms with Crippen molar-refractivity contribution in [1.82, 2.24) is 19.8 Å². The molecule has 2 heterocycles. The maximum absolute atomic E-state index is 13.8. The van der Waals surface area contributed by atoms with Crippen LogP contribution in [-0.4, -0.2) is 86.2 Å². The number of amides is 2. The van der Waals surface area contributed by atoms with Gasteiger partial charge in [0.15, 0.2) is 0 Å². The molecule has 388 valence electrons. The topological polar surface area (TPSA) is 154 Å². The zero-order chi connectivity index (χ0) is 52.7. The summed E-state index contributed by atoms with van der Waals surface area (Å²) in [5, 5.41) is 11.7. The molecule has 0 fully saturated rings. The predicted molar refractivity (Wildman–Crippen MR) is 272 cm³/mol. The van der Waals surface area contributed by atoms with Crippen LogP contribution in [0.15, 0.2) is 129 Å². The number of carbonyl (C=O) groups excluding carboxylic acids is 2. The van der Waals surface area contributed by atoms with Gasteiger partial charge in [-0.15, -0.1) is 23.5 Å². The monoisotopic (exact) mass is 1050 g/mol. The smallest absolute Gasteiger partial charge is 0.381 e. The van der Waals surface area contributed by atoms with Crippen molar-refractivity contribution >= 4 is 46.7 Å². The SMILES string of the molecule is CSc1ccc(CNC(=O)c2cc(NCCOCCOCCOCCNc3cc(C(=O)NCc4ccc(SC)cc4)c(=O)n(-c4cccc(C(F)(F)F)c4)c3C)c(C)n(-c3cccc(C(F)(F)F)c3)c2=O)cc1. The predicted octanol–water partition coefficient (Wildman–Crippen LogP) is 9.52. The second-order valence-corrected chi connectivity index (χ2v) is 18.0. The molecule has 0 radical (unpaired) electrons. The standard InChI is InChI=1S/C52H54F6N6O7S2/c1-33-45(29-43(47(65)61-31-35-11-15-41(72-3)16-12-35)49(67)63(33)39-9-5-7-37(27-39)51(53,54)55)59-19-21-69-23-25-71-26-24-70-22-20-60-46-30-44(48(66)62-32-36-13-17-42(73-4)18-14-36)50(68)64(34(46)2)40-10-6-8-38(28-40)52(56,57)58/h5-18,27-30,59-60H,19-26,31-32H2,1-4H3,(H,61,65)(H,62,66). The number of halogens is 6. The van der Waals surface area contributed by atoms with Gasteiger partial charge < -0.3 is 35.5 Å². The maximum atomic E-state index is 13.8. The van der Waals surface area contributed by atoms with Gasteiger partial charge in [0, 0.05) is 58.7 Å². The molecule has 21 heteroatoms. The second-order valence-electron chi connectivity index (χ2n) is 16.2. The van der Waals surface area contributed by atoms with Crippen LogP contribution in [0.3, 0.4) is 0 Å². The molecule has 2 aromatic heterocycles. The number of alkyl halides is 6. The van der Waals surface area contributed by atoms with Gasteiger partial charge in [0.2, 0.25) is 0 Å². The average Bonchev–Trinajstić information content (AvgIpc) is 3.37. The number of rotatable bonds is 24. The van der Waals surface area contributed by atoms with Crippen LogP contribution in [-0.2, 0) is 39.7 Å². The van der Waals surface area contributed by atoms with E-state index in [1.165, 1.54) is 36.4 Å². The Bertz CT molecular complexity index is 2770. The van der Waals surface area contributed by atoms with E-state index in [9.17, 15) is 45.5 Å². The minimum atomic E-state index is -4.67. The van der Waals surface area contributed by atoms with Gasteiger partial charge in [-0.3, -0.25) is 28.3 Å². The Balaban J connectivity index is 0.992. The first-order valence-corrected chi connectivity index (χ1v) is 25.3. The molecule has 13 nitrogen and oxygen atoms in total. The highest BCUT2D eigenvalue weighted by Crippen LogP contribution is 2.32. The summed E-state index contributed by atoms with van der Waals surface area (Å²) in [6.45, 7) is 4.87. The molecule has 0 bridgehead atoms. The highest BCUT2D eigenvalue weighted by Gasteiger charge is 2.32. The molecule has 0 unspecified atom stereocenters. The first-order chi connectivity index (χ1) is 34.9. The lowest BCUT2D eigenvalue weighted by molar-refractivity contribution is -0.138. The van der Waals surface area contributed by atoms with Crippen LogP contribution in [0, 0.1) is 13.8 Å². The van der Waals surface area contributed by atoms with Crippen LogP contribution in [0.4, 0.5) is 37.7 Å². The van der Waals surface area contributed by atoms with Crippen molar-refractivity contribution in [2.75, 3.05) is 75.9 Å². The van der Waals surface area contributed by atoms with E-state index in [0.717, 1.165) is 54.3 Å². The maximum Gasteiger partial charge on any atom is 0.416 e.